The molecular weight excluding hydrogens is 232 g/mol. The lowest BCUT2D eigenvalue weighted by Crippen LogP contribution is -1.69. The second-order valence-electron chi connectivity index (χ2n) is 3.52. The Kier molecular flexibility index (Phi) is 74.5. The lowest BCUT2D eigenvalue weighted by atomic mass is 10.2. The molecule has 0 amide bonds. The molecule has 0 saturated heterocycles. The van der Waals surface area contributed by atoms with E-state index in [2.05, 4.69) is 13.8 Å². The van der Waals surface area contributed by atoms with E-state index < -0.39 is 0 Å². The van der Waals surface area contributed by atoms with Gasteiger partial charge in [-0.15, -0.1) is 0 Å². The molecule has 0 heterocycles. The van der Waals surface area contributed by atoms with E-state index >= 15 is 0 Å². The van der Waals surface area contributed by atoms with Gasteiger partial charge in [0.1, 0.15) is 11.6 Å². The summed E-state index contributed by atoms with van der Waals surface area (Å²) in [5.41, 5.74) is 0. The van der Waals surface area contributed by atoms with Gasteiger partial charge in [-0.3, -0.25) is 0 Å². The molecule has 0 aromatic rings. The number of carbonyl (C=O) groups excluding carboxylic acids is 2. The molecule has 0 radical (unpaired) electrons. The first kappa shape index (κ1) is 30.4. The zero-order chi connectivity index (χ0) is 16.0. The van der Waals surface area contributed by atoms with E-state index in [4.69, 9.17) is 10.2 Å². The van der Waals surface area contributed by atoms with Crippen molar-refractivity contribution in [2.75, 3.05) is 14.2 Å². The molecule has 4 nitrogen and oxygen atoms in total. The predicted octanol–water partition coefficient (Wildman–Crippen LogP) is 2.99. The van der Waals surface area contributed by atoms with Gasteiger partial charge in [0.2, 0.25) is 0 Å². The fourth-order valence-corrected chi connectivity index (χ4v) is 0.500. The summed E-state index contributed by atoms with van der Waals surface area (Å²) in [6.45, 7) is 10.6. The van der Waals surface area contributed by atoms with Gasteiger partial charge in [-0.2, -0.15) is 0 Å². The summed E-state index contributed by atoms with van der Waals surface area (Å²) in [6, 6.07) is 0. The lowest BCUT2D eigenvalue weighted by Gasteiger charge is -1.86. The molecule has 18 heavy (non-hydrogen) atoms. The van der Waals surface area contributed by atoms with Gasteiger partial charge < -0.3 is 19.8 Å². The highest BCUT2D eigenvalue weighted by atomic mass is 16.2. The second-order valence-corrected chi connectivity index (χ2v) is 3.52. The Bertz CT molecular complexity index is 110. The van der Waals surface area contributed by atoms with Crippen molar-refractivity contribution in [1.29, 1.82) is 0 Å². The highest BCUT2D eigenvalue weighted by Gasteiger charge is 1.75. The van der Waals surface area contributed by atoms with Crippen molar-refractivity contribution >= 4 is 11.6 Å². The van der Waals surface area contributed by atoms with Crippen molar-refractivity contribution in [2.45, 2.75) is 67.2 Å². The summed E-state index contributed by atoms with van der Waals surface area (Å²) in [6.07, 6.45) is 5.54. The number of carbonyl (C=O) groups is 2. The van der Waals surface area contributed by atoms with E-state index in [1.54, 1.807) is 0 Å². The van der Waals surface area contributed by atoms with Crippen LogP contribution in [-0.2, 0) is 9.59 Å². The third-order valence-corrected chi connectivity index (χ3v) is 0.957. The first-order chi connectivity index (χ1) is 8.38. The van der Waals surface area contributed by atoms with Gasteiger partial charge in [-0.25, -0.2) is 0 Å². The monoisotopic (exact) mass is 266 g/mol. The Morgan fingerprint density at radius 3 is 0.833 bits per heavy atom. The number of hydrogen-bond acceptors (Lipinski definition) is 4. The molecule has 0 aromatic heterocycles. The number of Topliss-reactive ketones (excluding diaryl/α,β-unsaturated/α-hetero) is 2. The largest absolute Gasteiger partial charge is 0.400 e. The van der Waals surface area contributed by atoms with Crippen LogP contribution in [0.5, 0.6) is 0 Å². The molecule has 0 atom stereocenters. The maximum atomic E-state index is 9.44. The van der Waals surface area contributed by atoms with Gasteiger partial charge in [0.25, 0.3) is 0 Å². The minimum absolute atomic E-state index is 0.167. The van der Waals surface area contributed by atoms with E-state index in [1.807, 2.05) is 0 Å². The highest BCUT2D eigenvalue weighted by molar-refractivity contribution is 5.72. The van der Waals surface area contributed by atoms with Crippen LogP contribution in [0.2, 0.25) is 0 Å². The molecule has 114 valence electrons. The fraction of sp³-hybridized carbons (Fsp3) is 0.857. The zero-order valence-corrected chi connectivity index (χ0v) is 13.5. The minimum Gasteiger partial charge on any atom is -0.400 e. The van der Waals surface area contributed by atoms with Gasteiger partial charge >= 0.3 is 0 Å². The lowest BCUT2D eigenvalue weighted by molar-refractivity contribution is -0.115. The van der Waals surface area contributed by atoms with Crippen LogP contribution in [0.3, 0.4) is 0 Å². The van der Waals surface area contributed by atoms with Crippen molar-refractivity contribution in [3.05, 3.63) is 0 Å². The van der Waals surface area contributed by atoms with E-state index in [0.29, 0.717) is 0 Å². The highest BCUT2D eigenvalue weighted by Crippen LogP contribution is 1.95. The molecule has 2 N–H and O–H groups in total. The summed E-state index contributed by atoms with van der Waals surface area (Å²) in [5, 5.41) is 14.0. The number of hydrogen-bond donors (Lipinski definition) is 2. The van der Waals surface area contributed by atoms with Crippen LogP contribution < -0.4 is 0 Å². The third kappa shape index (κ3) is 608. The van der Waals surface area contributed by atoms with Gasteiger partial charge in [-0.1, -0.05) is 39.5 Å². The molecule has 0 aliphatic rings. The van der Waals surface area contributed by atoms with Gasteiger partial charge in [0, 0.05) is 14.2 Å². The maximum absolute atomic E-state index is 9.44. The molecule has 4 heteroatoms. The number of unbranched alkanes of at least 4 members (excludes halogenated alkanes) is 3. The average Bonchev–Trinajstić information content (AvgIpc) is 2.30. The SMILES string of the molecule is CC(C)=O.CC(C)=O.CCCCCC.CO.CO. The predicted molar refractivity (Wildman–Crippen MR) is 78.8 cm³/mol. The van der Waals surface area contributed by atoms with Crippen molar-refractivity contribution in [2.24, 2.45) is 0 Å². The molecule has 0 aliphatic carbocycles. The van der Waals surface area contributed by atoms with Crippen LogP contribution in [0, 0.1) is 0 Å². The standard InChI is InChI=1S/C6H14.2C3H6O.2CH4O/c1-3-5-6-4-2;2*1-3(2)4;2*1-2/h3-6H2,1-2H3;2*1-2H3;2*2H,1H3. The zero-order valence-electron chi connectivity index (χ0n) is 13.5. The van der Waals surface area contributed by atoms with Gasteiger partial charge in [-0.05, 0) is 27.7 Å². The van der Waals surface area contributed by atoms with E-state index in [9.17, 15) is 9.59 Å². The van der Waals surface area contributed by atoms with Crippen LogP contribution >= 0.6 is 0 Å². The maximum Gasteiger partial charge on any atom is 0.126 e. The molecule has 0 aromatic carbocycles. The molecule has 0 fully saturated rings. The smallest absolute Gasteiger partial charge is 0.126 e. The van der Waals surface area contributed by atoms with Crippen LogP contribution in [0.1, 0.15) is 67.2 Å². The summed E-state index contributed by atoms with van der Waals surface area (Å²) >= 11 is 0. The van der Waals surface area contributed by atoms with Gasteiger partial charge in [0.15, 0.2) is 0 Å². The van der Waals surface area contributed by atoms with Gasteiger partial charge in [0.05, 0.1) is 0 Å². The Labute approximate surface area is 113 Å². The van der Waals surface area contributed by atoms with Crippen LogP contribution in [-0.4, -0.2) is 36.0 Å². The Hall–Kier alpha value is -0.740. The van der Waals surface area contributed by atoms with E-state index in [0.717, 1.165) is 14.2 Å². The number of ketones is 2. The fourth-order valence-electron chi connectivity index (χ4n) is 0.500. The minimum atomic E-state index is 0.167. The van der Waals surface area contributed by atoms with Crippen LogP contribution in [0.25, 0.3) is 0 Å². The number of aliphatic hydroxyl groups excluding tert-OH is 2. The molecule has 0 bridgehead atoms. The van der Waals surface area contributed by atoms with Crippen molar-refractivity contribution in [1.82, 2.24) is 0 Å². The molecule has 0 unspecified atom stereocenters. The third-order valence-electron chi connectivity index (χ3n) is 0.957. The van der Waals surface area contributed by atoms with Crippen molar-refractivity contribution in [3.63, 3.8) is 0 Å². The summed E-state index contributed by atoms with van der Waals surface area (Å²) < 4.78 is 0. The topological polar surface area (TPSA) is 74.6 Å². The van der Waals surface area contributed by atoms with E-state index in [1.165, 1.54) is 53.4 Å². The summed E-state index contributed by atoms with van der Waals surface area (Å²) in [7, 11) is 2.00. The molecular formula is C14H34O4. The van der Waals surface area contributed by atoms with Crippen molar-refractivity contribution in [3.8, 4) is 0 Å². The first-order valence-electron chi connectivity index (χ1n) is 6.22. The Balaban J connectivity index is -0.0000000420. The van der Waals surface area contributed by atoms with Crippen LogP contribution in [0.4, 0.5) is 0 Å². The normalized spacial score (nSPS) is 6.56. The molecule has 0 saturated carbocycles. The average molecular weight is 266 g/mol. The quantitative estimate of drug-likeness (QED) is 0.770. The first-order valence-corrected chi connectivity index (χ1v) is 6.22. The van der Waals surface area contributed by atoms with E-state index in [-0.39, 0.29) is 11.6 Å². The summed E-state index contributed by atoms with van der Waals surface area (Å²) in [4.78, 5) is 18.9. The number of rotatable bonds is 3. The second kappa shape index (κ2) is 44.2. The Morgan fingerprint density at radius 1 is 0.667 bits per heavy atom. The number of aliphatic hydroxyl groups is 2. The van der Waals surface area contributed by atoms with Crippen LogP contribution in [0.15, 0.2) is 0 Å². The molecule has 0 rings (SSSR count). The molecule has 0 aliphatic heterocycles. The van der Waals surface area contributed by atoms with Crippen molar-refractivity contribution < 1.29 is 19.8 Å². The molecule has 0 spiro atoms. The Morgan fingerprint density at radius 2 is 0.778 bits per heavy atom. The summed E-state index contributed by atoms with van der Waals surface area (Å²) in [5.74, 6) is 0.333.